The number of anilines is 1. The smallest absolute Gasteiger partial charge is 0.0700 e. The Morgan fingerprint density at radius 1 is 1.22 bits per heavy atom. The molecule has 2 aromatic rings. The zero-order valence-electron chi connectivity index (χ0n) is 11.5. The zero-order chi connectivity index (χ0) is 12.7. The number of hydrogen-bond acceptors (Lipinski definition) is 2. The summed E-state index contributed by atoms with van der Waals surface area (Å²) in [5, 5.41) is 5.70. The van der Waals surface area contributed by atoms with Crippen LogP contribution in [0.4, 0.5) is 5.69 Å². The van der Waals surface area contributed by atoms with Crippen molar-refractivity contribution in [2.45, 2.75) is 26.7 Å². The zero-order valence-corrected chi connectivity index (χ0v) is 11.5. The Kier molecular flexibility index (Phi) is 2.77. The third kappa shape index (κ3) is 1.78. The number of aryl methyl sites for hydroxylation is 2. The molecule has 3 rings (SSSR count). The van der Waals surface area contributed by atoms with Crippen LogP contribution >= 0.6 is 0 Å². The lowest BCUT2D eigenvalue weighted by Gasteiger charge is -2.33. The van der Waals surface area contributed by atoms with Crippen molar-refractivity contribution in [2.24, 2.45) is 13.0 Å². The Morgan fingerprint density at radius 2 is 1.94 bits per heavy atom. The molecule has 2 heterocycles. The average molecular weight is 243 g/mol. The first kappa shape index (κ1) is 11.6. The molecule has 0 saturated carbocycles. The van der Waals surface area contributed by atoms with E-state index in [-0.39, 0.29) is 0 Å². The van der Waals surface area contributed by atoms with E-state index in [9.17, 15) is 0 Å². The van der Waals surface area contributed by atoms with Gasteiger partial charge in [-0.25, -0.2) is 0 Å². The highest BCUT2D eigenvalue weighted by molar-refractivity contribution is 5.93. The number of fused-ring (bicyclic) bond motifs is 1. The SMILES string of the molecule is Cc1ccc2c(cnn2C)c1N1CCC(C)CC1. The molecule has 0 aliphatic carbocycles. The molecule has 0 spiro atoms. The first-order valence-electron chi connectivity index (χ1n) is 6.83. The summed E-state index contributed by atoms with van der Waals surface area (Å²) in [5.74, 6) is 0.870. The summed E-state index contributed by atoms with van der Waals surface area (Å²) >= 11 is 0. The molecule has 96 valence electrons. The van der Waals surface area contributed by atoms with Gasteiger partial charge in [0.05, 0.1) is 17.4 Å². The van der Waals surface area contributed by atoms with E-state index >= 15 is 0 Å². The lowest BCUT2D eigenvalue weighted by molar-refractivity contribution is 0.438. The van der Waals surface area contributed by atoms with Gasteiger partial charge >= 0.3 is 0 Å². The van der Waals surface area contributed by atoms with Gasteiger partial charge in [-0.15, -0.1) is 0 Å². The molecule has 18 heavy (non-hydrogen) atoms. The summed E-state index contributed by atoms with van der Waals surface area (Å²) in [7, 11) is 2.01. The van der Waals surface area contributed by atoms with Crippen LogP contribution in [0.2, 0.25) is 0 Å². The molecule has 0 radical (unpaired) electrons. The number of aromatic nitrogens is 2. The fraction of sp³-hybridized carbons (Fsp3) is 0.533. The van der Waals surface area contributed by atoms with Crippen LogP contribution < -0.4 is 4.90 Å². The molecule has 0 amide bonds. The highest BCUT2D eigenvalue weighted by Crippen LogP contribution is 2.32. The molecule has 1 aromatic heterocycles. The Labute approximate surface area is 108 Å². The third-order valence-corrected chi connectivity index (χ3v) is 4.20. The number of piperidine rings is 1. The maximum Gasteiger partial charge on any atom is 0.0700 e. The maximum absolute atomic E-state index is 4.40. The van der Waals surface area contributed by atoms with E-state index in [2.05, 4.69) is 36.0 Å². The summed E-state index contributed by atoms with van der Waals surface area (Å²) in [6, 6.07) is 4.39. The Hall–Kier alpha value is -1.51. The van der Waals surface area contributed by atoms with Crippen LogP contribution in [0.5, 0.6) is 0 Å². The minimum Gasteiger partial charge on any atom is -0.371 e. The average Bonchev–Trinajstić information content (AvgIpc) is 2.73. The van der Waals surface area contributed by atoms with Crippen molar-refractivity contribution in [1.29, 1.82) is 0 Å². The van der Waals surface area contributed by atoms with Crippen molar-refractivity contribution in [2.75, 3.05) is 18.0 Å². The van der Waals surface area contributed by atoms with Crippen LogP contribution in [0.25, 0.3) is 10.9 Å². The van der Waals surface area contributed by atoms with Crippen LogP contribution in [-0.2, 0) is 7.05 Å². The van der Waals surface area contributed by atoms with Crippen LogP contribution in [-0.4, -0.2) is 22.9 Å². The van der Waals surface area contributed by atoms with Crippen molar-refractivity contribution in [3.8, 4) is 0 Å². The largest absolute Gasteiger partial charge is 0.371 e. The van der Waals surface area contributed by atoms with Gasteiger partial charge in [-0.3, -0.25) is 4.68 Å². The van der Waals surface area contributed by atoms with Gasteiger partial charge in [0.15, 0.2) is 0 Å². The van der Waals surface area contributed by atoms with Gasteiger partial charge in [0.1, 0.15) is 0 Å². The highest BCUT2D eigenvalue weighted by atomic mass is 15.3. The molecular formula is C15H21N3. The Balaban J connectivity index is 2.07. The third-order valence-electron chi connectivity index (χ3n) is 4.20. The first-order chi connectivity index (χ1) is 8.66. The van der Waals surface area contributed by atoms with Gasteiger partial charge in [-0.1, -0.05) is 13.0 Å². The number of rotatable bonds is 1. The predicted octanol–water partition coefficient (Wildman–Crippen LogP) is 3.12. The van der Waals surface area contributed by atoms with Crippen molar-refractivity contribution >= 4 is 16.6 Å². The van der Waals surface area contributed by atoms with Crippen LogP contribution in [0.15, 0.2) is 18.3 Å². The second kappa shape index (κ2) is 4.30. The fourth-order valence-corrected chi connectivity index (χ4v) is 2.97. The normalized spacial score (nSPS) is 17.6. The molecule has 0 N–H and O–H groups in total. The summed E-state index contributed by atoms with van der Waals surface area (Å²) in [6.07, 6.45) is 4.61. The standard InChI is InChI=1S/C15H21N3/c1-11-6-8-18(9-7-11)15-12(2)4-5-14-13(15)10-16-17(14)3/h4-5,10-11H,6-9H2,1-3H3. The molecule has 0 bridgehead atoms. The molecule has 1 saturated heterocycles. The molecule has 3 heteroatoms. The molecule has 0 atom stereocenters. The monoisotopic (exact) mass is 243 g/mol. The second-order valence-electron chi connectivity index (χ2n) is 5.60. The number of nitrogens with zero attached hydrogens (tertiary/aromatic N) is 3. The van der Waals surface area contributed by atoms with E-state index < -0.39 is 0 Å². The fourth-order valence-electron chi connectivity index (χ4n) is 2.97. The minimum absolute atomic E-state index is 0.870. The molecule has 1 aromatic carbocycles. The van der Waals surface area contributed by atoms with Crippen molar-refractivity contribution < 1.29 is 0 Å². The maximum atomic E-state index is 4.40. The van der Waals surface area contributed by atoms with E-state index in [1.54, 1.807) is 0 Å². The van der Waals surface area contributed by atoms with Crippen molar-refractivity contribution in [1.82, 2.24) is 9.78 Å². The van der Waals surface area contributed by atoms with E-state index in [4.69, 9.17) is 0 Å². The molecule has 1 aliphatic heterocycles. The molecular weight excluding hydrogens is 222 g/mol. The van der Waals surface area contributed by atoms with E-state index in [1.165, 1.54) is 48.1 Å². The predicted molar refractivity (Wildman–Crippen MR) is 76.1 cm³/mol. The second-order valence-corrected chi connectivity index (χ2v) is 5.60. The van der Waals surface area contributed by atoms with E-state index in [0.717, 1.165) is 5.92 Å². The minimum atomic E-state index is 0.870. The van der Waals surface area contributed by atoms with Gasteiger partial charge in [0.25, 0.3) is 0 Å². The van der Waals surface area contributed by atoms with Gasteiger partial charge in [-0.05, 0) is 37.3 Å². The van der Waals surface area contributed by atoms with Gasteiger partial charge < -0.3 is 4.90 Å². The molecule has 0 unspecified atom stereocenters. The molecule has 3 nitrogen and oxygen atoms in total. The lowest BCUT2D eigenvalue weighted by atomic mass is 9.97. The van der Waals surface area contributed by atoms with E-state index in [0.29, 0.717) is 0 Å². The lowest BCUT2D eigenvalue weighted by Crippen LogP contribution is -2.33. The van der Waals surface area contributed by atoms with Gasteiger partial charge in [-0.2, -0.15) is 5.10 Å². The summed E-state index contributed by atoms with van der Waals surface area (Å²) in [5.41, 5.74) is 3.99. The molecule has 1 fully saturated rings. The topological polar surface area (TPSA) is 21.1 Å². The Morgan fingerprint density at radius 3 is 2.67 bits per heavy atom. The number of benzene rings is 1. The Bertz CT molecular complexity index is 562. The summed E-state index contributed by atoms with van der Waals surface area (Å²) < 4.78 is 1.96. The van der Waals surface area contributed by atoms with Gasteiger partial charge in [0, 0.05) is 25.5 Å². The van der Waals surface area contributed by atoms with E-state index in [1.807, 2.05) is 17.9 Å². The quantitative estimate of drug-likeness (QED) is 0.767. The van der Waals surface area contributed by atoms with Crippen LogP contribution in [0.3, 0.4) is 0 Å². The summed E-state index contributed by atoms with van der Waals surface area (Å²) in [4.78, 5) is 2.54. The number of hydrogen-bond donors (Lipinski definition) is 0. The molecule has 1 aliphatic rings. The van der Waals surface area contributed by atoms with Gasteiger partial charge in [0.2, 0.25) is 0 Å². The van der Waals surface area contributed by atoms with Crippen molar-refractivity contribution in [3.05, 3.63) is 23.9 Å². The summed E-state index contributed by atoms with van der Waals surface area (Å²) in [6.45, 7) is 6.92. The van der Waals surface area contributed by atoms with Crippen molar-refractivity contribution in [3.63, 3.8) is 0 Å². The van der Waals surface area contributed by atoms with Crippen LogP contribution in [0.1, 0.15) is 25.3 Å². The first-order valence-corrected chi connectivity index (χ1v) is 6.83. The highest BCUT2D eigenvalue weighted by Gasteiger charge is 2.20. The van der Waals surface area contributed by atoms with Crippen LogP contribution in [0, 0.1) is 12.8 Å².